The summed E-state index contributed by atoms with van der Waals surface area (Å²) in [5.74, 6) is -0.768. The smallest absolute Gasteiger partial charge is 0.270 e. The maximum Gasteiger partial charge on any atom is 0.270 e. The lowest BCUT2D eigenvalue weighted by Crippen LogP contribution is -2.33. The van der Waals surface area contributed by atoms with Crippen molar-refractivity contribution in [2.45, 2.75) is 45.4 Å². The first-order valence-corrected chi connectivity index (χ1v) is 12.8. The number of benzene rings is 3. The number of rotatable bonds is 11. The molecule has 0 radical (unpaired) electrons. The van der Waals surface area contributed by atoms with Crippen molar-refractivity contribution in [3.05, 3.63) is 123 Å². The van der Waals surface area contributed by atoms with Gasteiger partial charge in [-0.25, -0.2) is 13.8 Å². The summed E-state index contributed by atoms with van der Waals surface area (Å²) in [7, 11) is 0. The highest BCUT2D eigenvalue weighted by Crippen LogP contribution is 2.19. The van der Waals surface area contributed by atoms with Crippen LogP contribution in [0.5, 0.6) is 0 Å². The van der Waals surface area contributed by atoms with E-state index in [0.717, 1.165) is 23.4 Å². The highest BCUT2D eigenvalue weighted by Gasteiger charge is 2.17. The minimum Gasteiger partial charge on any atom is -0.348 e. The second-order valence-corrected chi connectivity index (χ2v) is 9.83. The van der Waals surface area contributed by atoms with Crippen LogP contribution in [0.25, 0.3) is 0 Å². The summed E-state index contributed by atoms with van der Waals surface area (Å²) in [4.78, 5) is 19.3. The van der Waals surface area contributed by atoms with Gasteiger partial charge in [-0.3, -0.25) is 9.69 Å². The second kappa shape index (κ2) is 12.5. The van der Waals surface area contributed by atoms with Crippen LogP contribution in [0, 0.1) is 11.6 Å². The van der Waals surface area contributed by atoms with E-state index in [9.17, 15) is 13.6 Å². The predicted octanol–water partition coefficient (Wildman–Crippen LogP) is 6.37. The Hall–Kier alpha value is -3.42. The van der Waals surface area contributed by atoms with E-state index < -0.39 is 0 Å². The Bertz CT molecular complexity index is 1260. The highest BCUT2D eigenvalue weighted by molar-refractivity contribution is 7.09. The molecule has 0 saturated heterocycles. The van der Waals surface area contributed by atoms with E-state index in [1.54, 1.807) is 35.7 Å². The van der Waals surface area contributed by atoms with Crippen molar-refractivity contribution in [2.75, 3.05) is 0 Å². The SMILES string of the molecule is CC(CCc1ccccc1)NC(=O)c1csc(CN(Cc2ccc(F)cc2)Cc2ccccc2F)n1. The predicted molar refractivity (Wildman–Crippen MR) is 140 cm³/mol. The van der Waals surface area contributed by atoms with Crippen LogP contribution in [-0.4, -0.2) is 21.8 Å². The first-order chi connectivity index (χ1) is 17.5. The van der Waals surface area contributed by atoms with Gasteiger partial charge in [0.05, 0.1) is 6.54 Å². The molecule has 1 aromatic heterocycles. The van der Waals surface area contributed by atoms with Crippen LogP contribution in [0.2, 0.25) is 0 Å². The maximum absolute atomic E-state index is 14.3. The van der Waals surface area contributed by atoms with Crippen molar-refractivity contribution in [3.8, 4) is 0 Å². The summed E-state index contributed by atoms with van der Waals surface area (Å²) in [6, 6.07) is 23.1. The minimum atomic E-state index is -0.298. The lowest BCUT2D eigenvalue weighted by Gasteiger charge is -2.22. The number of halogens is 2. The summed E-state index contributed by atoms with van der Waals surface area (Å²) in [5.41, 5.74) is 3.11. The Balaban J connectivity index is 1.39. The molecule has 0 saturated carbocycles. The number of hydrogen-bond donors (Lipinski definition) is 1. The van der Waals surface area contributed by atoms with Gasteiger partial charge >= 0.3 is 0 Å². The average Bonchev–Trinajstić information content (AvgIpc) is 3.35. The van der Waals surface area contributed by atoms with Crippen LogP contribution in [0.15, 0.2) is 84.2 Å². The van der Waals surface area contributed by atoms with E-state index in [1.165, 1.54) is 35.1 Å². The van der Waals surface area contributed by atoms with Crippen molar-refractivity contribution < 1.29 is 13.6 Å². The fourth-order valence-electron chi connectivity index (χ4n) is 3.96. The van der Waals surface area contributed by atoms with Gasteiger partial charge < -0.3 is 5.32 Å². The summed E-state index contributed by atoms with van der Waals surface area (Å²) >= 11 is 1.40. The molecule has 4 aromatic rings. The van der Waals surface area contributed by atoms with Gasteiger partial charge in [0.1, 0.15) is 22.3 Å². The quantitative estimate of drug-likeness (QED) is 0.257. The number of thiazole rings is 1. The zero-order valence-corrected chi connectivity index (χ0v) is 21.0. The van der Waals surface area contributed by atoms with Crippen molar-refractivity contribution >= 4 is 17.2 Å². The Labute approximate surface area is 214 Å². The van der Waals surface area contributed by atoms with E-state index in [2.05, 4.69) is 22.4 Å². The Morgan fingerprint density at radius 3 is 2.39 bits per heavy atom. The largest absolute Gasteiger partial charge is 0.348 e. The van der Waals surface area contributed by atoms with Crippen LogP contribution in [0.3, 0.4) is 0 Å². The Morgan fingerprint density at radius 2 is 1.64 bits per heavy atom. The standard InChI is InChI=1S/C29H29F2N3OS/c1-21(11-12-22-7-3-2-4-8-22)32-29(35)27-20-36-28(33-27)19-34(17-23-13-15-25(30)16-14-23)18-24-9-5-6-10-26(24)31/h2-10,13-16,20-21H,11-12,17-19H2,1H3,(H,32,35). The van der Waals surface area contributed by atoms with Crippen LogP contribution in [0.4, 0.5) is 8.78 Å². The molecule has 1 N–H and O–H groups in total. The van der Waals surface area contributed by atoms with Crippen molar-refractivity contribution in [1.29, 1.82) is 0 Å². The maximum atomic E-state index is 14.3. The first-order valence-electron chi connectivity index (χ1n) is 12.0. The molecule has 1 heterocycles. The molecule has 1 unspecified atom stereocenters. The third-order valence-electron chi connectivity index (χ3n) is 5.90. The van der Waals surface area contributed by atoms with E-state index in [0.29, 0.717) is 30.9 Å². The molecule has 0 spiro atoms. The number of aryl methyl sites for hydroxylation is 1. The van der Waals surface area contributed by atoms with E-state index in [-0.39, 0.29) is 23.6 Å². The fourth-order valence-corrected chi connectivity index (χ4v) is 4.78. The molecular formula is C29H29F2N3OS. The fraction of sp³-hybridized carbons (Fsp3) is 0.241. The molecule has 0 aliphatic rings. The van der Waals surface area contributed by atoms with Crippen LogP contribution in [0.1, 0.15) is 45.5 Å². The van der Waals surface area contributed by atoms with Gasteiger partial charge in [0, 0.05) is 30.1 Å². The Kier molecular flexibility index (Phi) is 8.92. The number of aromatic nitrogens is 1. The zero-order chi connectivity index (χ0) is 25.3. The van der Waals surface area contributed by atoms with E-state index >= 15 is 0 Å². The number of nitrogens with one attached hydrogen (secondary N) is 1. The molecule has 1 amide bonds. The molecule has 0 fully saturated rings. The highest BCUT2D eigenvalue weighted by atomic mass is 32.1. The number of nitrogens with zero attached hydrogens (tertiary/aromatic N) is 2. The minimum absolute atomic E-state index is 0.0129. The third-order valence-corrected chi connectivity index (χ3v) is 6.73. The van der Waals surface area contributed by atoms with Gasteiger partial charge in [0.2, 0.25) is 0 Å². The summed E-state index contributed by atoms with van der Waals surface area (Å²) in [6.07, 6.45) is 1.72. The Morgan fingerprint density at radius 1 is 0.917 bits per heavy atom. The number of amides is 1. The topological polar surface area (TPSA) is 45.2 Å². The van der Waals surface area contributed by atoms with Gasteiger partial charge in [0.15, 0.2) is 0 Å². The van der Waals surface area contributed by atoms with E-state index in [4.69, 9.17) is 0 Å². The van der Waals surface area contributed by atoms with Crippen molar-refractivity contribution in [1.82, 2.24) is 15.2 Å². The van der Waals surface area contributed by atoms with Crippen LogP contribution >= 0.6 is 11.3 Å². The van der Waals surface area contributed by atoms with Gasteiger partial charge in [-0.15, -0.1) is 11.3 Å². The van der Waals surface area contributed by atoms with Gasteiger partial charge in [-0.05, 0) is 49.1 Å². The summed E-state index contributed by atoms with van der Waals surface area (Å²) in [5, 5.41) is 5.55. The summed E-state index contributed by atoms with van der Waals surface area (Å²) < 4.78 is 27.7. The van der Waals surface area contributed by atoms with Crippen LogP contribution < -0.4 is 5.32 Å². The number of carbonyl (C=O) groups is 1. The van der Waals surface area contributed by atoms with Crippen LogP contribution in [-0.2, 0) is 26.1 Å². The molecule has 7 heteroatoms. The first kappa shape index (κ1) is 25.7. The van der Waals surface area contributed by atoms with Gasteiger partial charge in [-0.1, -0.05) is 60.7 Å². The average molecular weight is 506 g/mol. The van der Waals surface area contributed by atoms with Crippen molar-refractivity contribution in [3.63, 3.8) is 0 Å². The molecular weight excluding hydrogens is 476 g/mol. The lowest BCUT2D eigenvalue weighted by molar-refractivity contribution is 0.0933. The molecule has 186 valence electrons. The molecule has 0 aliphatic carbocycles. The van der Waals surface area contributed by atoms with Gasteiger partial charge in [0.25, 0.3) is 5.91 Å². The normalized spacial score (nSPS) is 12.0. The second-order valence-electron chi connectivity index (χ2n) is 8.89. The molecule has 4 rings (SSSR count). The lowest BCUT2D eigenvalue weighted by atomic mass is 10.1. The molecule has 3 aromatic carbocycles. The number of carbonyl (C=O) groups excluding carboxylic acids is 1. The monoisotopic (exact) mass is 505 g/mol. The molecule has 0 aliphatic heterocycles. The molecule has 1 atom stereocenters. The summed E-state index contributed by atoms with van der Waals surface area (Å²) in [6.45, 7) is 3.29. The van der Waals surface area contributed by atoms with E-state index in [1.807, 2.05) is 30.0 Å². The molecule has 4 nitrogen and oxygen atoms in total. The third kappa shape index (κ3) is 7.54. The van der Waals surface area contributed by atoms with Gasteiger partial charge in [-0.2, -0.15) is 0 Å². The molecule has 0 bridgehead atoms. The van der Waals surface area contributed by atoms with Crippen molar-refractivity contribution in [2.24, 2.45) is 0 Å². The molecule has 36 heavy (non-hydrogen) atoms. The zero-order valence-electron chi connectivity index (χ0n) is 20.2. The number of hydrogen-bond acceptors (Lipinski definition) is 4.